The highest BCUT2D eigenvalue weighted by Gasteiger charge is 2.24. The summed E-state index contributed by atoms with van der Waals surface area (Å²) in [6.07, 6.45) is 0. The molecule has 1 nitrogen and oxygen atoms in total. The molecule has 2 heteroatoms. The van der Waals surface area contributed by atoms with E-state index in [-0.39, 0.29) is 0 Å². The Morgan fingerprint density at radius 1 is 1.38 bits per heavy atom. The third kappa shape index (κ3) is 1.87. The first-order valence-electron chi connectivity index (χ1n) is 4.73. The maximum Gasteiger partial charge on any atom is 0.0408 e. The zero-order chi connectivity index (χ0) is 9.26. The Morgan fingerprint density at radius 3 is 2.85 bits per heavy atom. The van der Waals surface area contributed by atoms with Gasteiger partial charge in [-0.25, -0.2) is 0 Å². The summed E-state index contributed by atoms with van der Waals surface area (Å²) in [6, 6.07) is 8.20. The fourth-order valence-corrected chi connectivity index (χ4v) is 2.19. The number of hydrogen-bond donors (Lipinski definition) is 1. The van der Waals surface area contributed by atoms with Crippen molar-refractivity contribution in [3.8, 4) is 0 Å². The lowest BCUT2D eigenvalue weighted by atomic mass is 9.90. The number of nitrogens with one attached hydrogen (secondary N) is 1. The fraction of sp³-hybridized carbons (Fsp3) is 0.455. The second kappa shape index (κ2) is 3.69. The summed E-state index contributed by atoms with van der Waals surface area (Å²) < 4.78 is 0. The summed E-state index contributed by atoms with van der Waals surface area (Å²) in [6.45, 7) is 4.49. The first kappa shape index (κ1) is 9.04. The highest BCUT2D eigenvalue weighted by atomic mass is 35.5. The molecule has 1 heterocycles. The highest BCUT2D eigenvalue weighted by Crippen LogP contribution is 2.28. The molecule has 1 N–H and O–H groups in total. The second-order valence-electron chi connectivity index (χ2n) is 3.80. The lowest BCUT2D eigenvalue weighted by molar-refractivity contribution is 0.572. The lowest BCUT2D eigenvalue weighted by Gasteiger charge is -2.14. The van der Waals surface area contributed by atoms with Crippen LogP contribution in [0, 0.1) is 5.92 Å². The Labute approximate surface area is 84.1 Å². The van der Waals surface area contributed by atoms with Gasteiger partial charge in [0.1, 0.15) is 0 Å². The third-order valence-corrected chi connectivity index (χ3v) is 3.03. The molecule has 0 spiro atoms. The number of hydrogen-bond acceptors (Lipinski definition) is 1. The Balaban J connectivity index is 2.24. The number of rotatable bonds is 1. The average molecular weight is 196 g/mol. The fourth-order valence-electron chi connectivity index (χ4n) is 1.99. The van der Waals surface area contributed by atoms with Crippen molar-refractivity contribution in [2.45, 2.75) is 12.8 Å². The van der Waals surface area contributed by atoms with Crippen LogP contribution >= 0.6 is 11.6 Å². The first-order chi connectivity index (χ1) is 6.27. The highest BCUT2D eigenvalue weighted by molar-refractivity contribution is 6.30. The van der Waals surface area contributed by atoms with Crippen LogP contribution in [0.5, 0.6) is 0 Å². The van der Waals surface area contributed by atoms with E-state index >= 15 is 0 Å². The van der Waals surface area contributed by atoms with Crippen LogP contribution in [0.1, 0.15) is 18.4 Å². The van der Waals surface area contributed by atoms with E-state index < -0.39 is 0 Å². The largest absolute Gasteiger partial charge is 0.316 e. The molecule has 0 aliphatic carbocycles. The van der Waals surface area contributed by atoms with Gasteiger partial charge in [-0.3, -0.25) is 0 Å². The molecule has 1 aliphatic heterocycles. The minimum atomic E-state index is 0.638. The lowest BCUT2D eigenvalue weighted by Crippen LogP contribution is -2.07. The molecule has 0 unspecified atom stereocenters. The summed E-state index contributed by atoms with van der Waals surface area (Å²) >= 11 is 5.95. The van der Waals surface area contributed by atoms with Crippen molar-refractivity contribution >= 4 is 11.6 Å². The van der Waals surface area contributed by atoms with Crippen LogP contribution in [0.25, 0.3) is 0 Å². The molecule has 1 aromatic rings. The van der Waals surface area contributed by atoms with Gasteiger partial charge in [0.15, 0.2) is 0 Å². The summed E-state index contributed by atoms with van der Waals surface area (Å²) in [7, 11) is 0. The summed E-state index contributed by atoms with van der Waals surface area (Å²) in [5.74, 6) is 1.36. The quantitative estimate of drug-likeness (QED) is 0.727. The topological polar surface area (TPSA) is 12.0 Å². The minimum Gasteiger partial charge on any atom is -0.316 e. The molecule has 2 atom stereocenters. The monoisotopic (exact) mass is 195 g/mol. The van der Waals surface area contributed by atoms with E-state index in [0.29, 0.717) is 5.92 Å². The molecular weight excluding hydrogens is 182 g/mol. The first-order valence-corrected chi connectivity index (χ1v) is 5.11. The minimum absolute atomic E-state index is 0.638. The Bertz CT molecular complexity index is 298. The predicted molar refractivity (Wildman–Crippen MR) is 56.2 cm³/mol. The van der Waals surface area contributed by atoms with Gasteiger partial charge >= 0.3 is 0 Å². The van der Waals surface area contributed by atoms with Gasteiger partial charge in [0, 0.05) is 17.5 Å². The van der Waals surface area contributed by atoms with Crippen molar-refractivity contribution in [2.75, 3.05) is 13.1 Å². The Hall–Kier alpha value is -0.530. The molecule has 13 heavy (non-hydrogen) atoms. The van der Waals surface area contributed by atoms with Crippen molar-refractivity contribution in [3.63, 3.8) is 0 Å². The van der Waals surface area contributed by atoms with Gasteiger partial charge in [0.05, 0.1) is 0 Å². The van der Waals surface area contributed by atoms with Crippen LogP contribution in [-0.2, 0) is 0 Å². The normalized spacial score (nSPS) is 27.8. The number of halogens is 1. The van der Waals surface area contributed by atoms with E-state index in [1.165, 1.54) is 5.56 Å². The van der Waals surface area contributed by atoms with Crippen LogP contribution in [0.2, 0.25) is 5.02 Å². The SMILES string of the molecule is C[C@H]1CNC[C@@H]1c1cccc(Cl)c1. The van der Waals surface area contributed by atoms with Crippen molar-refractivity contribution in [1.29, 1.82) is 0 Å². The smallest absolute Gasteiger partial charge is 0.0408 e. The molecular formula is C11H14ClN. The zero-order valence-corrected chi connectivity index (χ0v) is 8.51. The molecule has 1 aromatic carbocycles. The summed E-state index contributed by atoms with van der Waals surface area (Å²) in [5, 5.41) is 4.24. The molecule has 0 amide bonds. The third-order valence-electron chi connectivity index (χ3n) is 2.79. The van der Waals surface area contributed by atoms with Crippen LogP contribution in [0.15, 0.2) is 24.3 Å². The molecule has 0 saturated carbocycles. The number of benzene rings is 1. The van der Waals surface area contributed by atoms with Gasteiger partial charge in [0.2, 0.25) is 0 Å². The summed E-state index contributed by atoms with van der Waals surface area (Å²) in [5.41, 5.74) is 1.37. The van der Waals surface area contributed by atoms with Gasteiger partial charge in [0.25, 0.3) is 0 Å². The van der Waals surface area contributed by atoms with Crippen LogP contribution in [0.3, 0.4) is 0 Å². The average Bonchev–Trinajstić information content (AvgIpc) is 2.51. The van der Waals surface area contributed by atoms with E-state index in [9.17, 15) is 0 Å². The maximum absolute atomic E-state index is 5.95. The van der Waals surface area contributed by atoms with Gasteiger partial charge < -0.3 is 5.32 Å². The molecule has 0 bridgehead atoms. The molecule has 0 aromatic heterocycles. The Morgan fingerprint density at radius 2 is 2.23 bits per heavy atom. The summed E-state index contributed by atoms with van der Waals surface area (Å²) in [4.78, 5) is 0. The van der Waals surface area contributed by atoms with Crippen molar-refractivity contribution in [3.05, 3.63) is 34.9 Å². The van der Waals surface area contributed by atoms with Crippen LogP contribution in [0.4, 0.5) is 0 Å². The van der Waals surface area contributed by atoms with E-state index in [4.69, 9.17) is 11.6 Å². The van der Waals surface area contributed by atoms with Gasteiger partial charge in [-0.1, -0.05) is 30.7 Å². The molecule has 2 rings (SSSR count). The van der Waals surface area contributed by atoms with E-state index in [0.717, 1.165) is 24.0 Å². The van der Waals surface area contributed by atoms with E-state index in [1.807, 2.05) is 12.1 Å². The van der Waals surface area contributed by atoms with Crippen molar-refractivity contribution in [1.82, 2.24) is 5.32 Å². The van der Waals surface area contributed by atoms with Gasteiger partial charge in [-0.2, -0.15) is 0 Å². The van der Waals surface area contributed by atoms with Crippen molar-refractivity contribution in [2.24, 2.45) is 5.92 Å². The Kier molecular flexibility index (Phi) is 2.56. The molecule has 0 radical (unpaired) electrons. The van der Waals surface area contributed by atoms with E-state index in [2.05, 4.69) is 24.4 Å². The zero-order valence-electron chi connectivity index (χ0n) is 7.76. The van der Waals surface area contributed by atoms with Crippen molar-refractivity contribution < 1.29 is 0 Å². The van der Waals surface area contributed by atoms with Gasteiger partial charge in [-0.05, 0) is 30.2 Å². The predicted octanol–water partition coefficient (Wildman–Crippen LogP) is 2.66. The van der Waals surface area contributed by atoms with Crippen LogP contribution < -0.4 is 5.32 Å². The van der Waals surface area contributed by atoms with Gasteiger partial charge in [-0.15, -0.1) is 0 Å². The standard InChI is InChI=1S/C11H14ClN/c1-8-6-13-7-11(8)9-3-2-4-10(12)5-9/h2-5,8,11,13H,6-7H2,1H3/t8-,11-/m0/s1. The molecule has 1 aliphatic rings. The molecule has 1 saturated heterocycles. The van der Waals surface area contributed by atoms with E-state index in [1.54, 1.807) is 0 Å². The second-order valence-corrected chi connectivity index (χ2v) is 4.23. The maximum atomic E-state index is 5.95. The molecule has 70 valence electrons. The van der Waals surface area contributed by atoms with Crippen LogP contribution in [-0.4, -0.2) is 13.1 Å². The molecule has 1 fully saturated rings.